The number of nitrogens with zero attached hydrogens (tertiary/aromatic N) is 1. The maximum absolute atomic E-state index is 13.0. The second kappa shape index (κ2) is 9.24. The number of nitrogens with one attached hydrogen (secondary N) is 1. The first-order valence-corrected chi connectivity index (χ1v) is 8.40. The standard InChI is InChI=1S/C18H25F3N2O5/c1-11-8-12(27-5)6-7-13(11)22-16(26)15(25)14(9-18(19,20)21)23(10-24)28-17(2,3)4/h6-8,10,14-15,25H,9H2,1-5H3,(H,22,26). The van der Waals surface area contributed by atoms with Gasteiger partial charge in [-0.1, -0.05) is 0 Å². The number of hydrogen-bond donors (Lipinski definition) is 2. The Morgan fingerprint density at radius 2 is 1.93 bits per heavy atom. The Morgan fingerprint density at radius 3 is 2.36 bits per heavy atom. The third-order valence-corrected chi connectivity index (χ3v) is 3.58. The van der Waals surface area contributed by atoms with Crippen molar-refractivity contribution < 1.29 is 37.4 Å². The molecule has 158 valence electrons. The molecule has 1 aromatic rings. The highest BCUT2D eigenvalue weighted by Crippen LogP contribution is 2.28. The van der Waals surface area contributed by atoms with E-state index in [4.69, 9.17) is 9.57 Å². The van der Waals surface area contributed by atoms with Gasteiger partial charge < -0.3 is 15.2 Å². The third kappa shape index (κ3) is 7.35. The van der Waals surface area contributed by atoms with Gasteiger partial charge in [0, 0.05) is 5.69 Å². The van der Waals surface area contributed by atoms with Gasteiger partial charge in [0.2, 0.25) is 6.41 Å². The second-order valence-corrected chi connectivity index (χ2v) is 7.17. The zero-order chi connectivity index (χ0) is 21.7. The van der Waals surface area contributed by atoms with Crippen molar-refractivity contribution in [1.82, 2.24) is 5.06 Å². The number of aliphatic hydroxyl groups excluding tert-OH is 1. The van der Waals surface area contributed by atoms with E-state index in [2.05, 4.69) is 5.32 Å². The zero-order valence-electron chi connectivity index (χ0n) is 16.3. The first kappa shape index (κ1) is 23.7. The normalized spacial score (nSPS) is 14.2. The number of amides is 2. The van der Waals surface area contributed by atoms with Crippen LogP contribution < -0.4 is 10.1 Å². The third-order valence-electron chi connectivity index (χ3n) is 3.58. The van der Waals surface area contributed by atoms with Gasteiger partial charge in [0.25, 0.3) is 5.91 Å². The Kier molecular flexibility index (Phi) is 7.83. The molecule has 0 radical (unpaired) electrons. The van der Waals surface area contributed by atoms with Gasteiger partial charge in [-0.2, -0.15) is 13.2 Å². The lowest BCUT2D eigenvalue weighted by Gasteiger charge is -2.35. The van der Waals surface area contributed by atoms with E-state index in [0.717, 1.165) is 0 Å². The largest absolute Gasteiger partial charge is 0.497 e. The lowest BCUT2D eigenvalue weighted by Crippen LogP contribution is -2.52. The van der Waals surface area contributed by atoms with E-state index in [1.54, 1.807) is 19.1 Å². The maximum Gasteiger partial charge on any atom is 0.391 e. The van der Waals surface area contributed by atoms with E-state index in [0.29, 0.717) is 16.4 Å². The summed E-state index contributed by atoms with van der Waals surface area (Å²) < 4.78 is 44.0. The van der Waals surface area contributed by atoms with Crippen molar-refractivity contribution in [2.75, 3.05) is 12.4 Å². The number of carbonyl (C=O) groups is 2. The molecule has 0 fully saturated rings. The highest BCUT2D eigenvalue weighted by molar-refractivity contribution is 5.95. The van der Waals surface area contributed by atoms with E-state index in [9.17, 15) is 27.9 Å². The van der Waals surface area contributed by atoms with Gasteiger partial charge in [0.05, 0.1) is 19.1 Å². The van der Waals surface area contributed by atoms with E-state index < -0.39 is 36.3 Å². The molecule has 7 nitrogen and oxygen atoms in total. The molecular weight excluding hydrogens is 381 g/mol. The zero-order valence-corrected chi connectivity index (χ0v) is 16.3. The summed E-state index contributed by atoms with van der Waals surface area (Å²) in [6, 6.07) is 2.68. The Balaban J connectivity index is 3.08. The molecule has 0 saturated heterocycles. The monoisotopic (exact) mass is 406 g/mol. The minimum atomic E-state index is -4.75. The number of aryl methyl sites for hydroxylation is 1. The van der Waals surface area contributed by atoms with Gasteiger partial charge in [0.1, 0.15) is 11.8 Å². The van der Waals surface area contributed by atoms with Crippen molar-refractivity contribution in [3.8, 4) is 5.75 Å². The molecule has 0 aromatic heterocycles. The molecule has 0 spiro atoms. The molecule has 0 aliphatic heterocycles. The van der Waals surface area contributed by atoms with Crippen LogP contribution in [0.3, 0.4) is 0 Å². The lowest BCUT2D eigenvalue weighted by molar-refractivity contribution is -0.257. The molecule has 10 heteroatoms. The van der Waals surface area contributed by atoms with Crippen molar-refractivity contribution in [2.24, 2.45) is 0 Å². The van der Waals surface area contributed by atoms with E-state index in [1.165, 1.54) is 33.9 Å². The van der Waals surface area contributed by atoms with E-state index in [1.807, 2.05) is 0 Å². The average Bonchev–Trinajstić information content (AvgIpc) is 2.57. The Labute approximate surface area is 161 Å². The fourth-order valence-electron chi connectivity index (χ4n) is 2.35. The van der Waals surface area contributed by atoms with Crippen LogP contribution in [0.2, 0.25) is 0 Å². The lowest BCUT2D eigenvalue weighted by atomic mass is 10.1. The van der Waals surface area contributed by atoms with E-state index in [-0.39, 0.29) is 12.1 Å². The van der Waals surface area contributed by atoms with Crippen LogP contribution >= 0.6 is 0 Å². The van der Waals surface area contributed by atoms with Crippen LogP contribution in [0, 0.1) is 6.92 Å². The number of methoxy groups -OCH3 is 1. The van der Waals surface area contributed by atoms with Crippen LogP contribution in [0.1, 0.15) is 32.8 Å². The van der Waals surface area contributed by atoms with Gasteiger partial charge in [-0.3, -0.25) is 14.4 Å². The van der Waals surface area contributed by atoms with Crippen molar-refractivity contribution in [3.63, 3.8) is 0 Å². The fraction of sp³-hybridized carbons (Fsp3) is 0.556. The number of alkyl halides is 3. The van der Waals surface area contributed by atoms with Crippen molar-refractivity contribution >= 4 is 18.0 Å². The molecule has 0 aliphatic carbocycles. The second-order valence-electron chi connectivity index (χ2n) is 7.17. The summed E-state index contributed by atoms with van der Waals surface area (Å²) in [6.45, 7) is 6.20. The summed E-state index contributed by atoms with van der Waals surface area (Å²) in [6.07, 6.45) is -8.55. The van der Waals surface area contributed by atoms with Crippen LogP contribution in [-0.4, -0.2) is 53.5 Å². The minimum Gasteiger partial charge on any atom is -0.497 e. The first-order valence-electron chi connectivity index (χ1n) is 8.40. The molecule has 2 atom stereocenters. The summed E-state index contributed by atoms with van der Waals surface area (Å²) in [5, 5.41) is 13.0. The Morgan fingerprint density at radius 1 is 1.32 bits per heavy atom. The summed E-state index contributed by atoms with van der Waals surface area (Å²) in [5.41, 5.74) is -0.163. The Bertz CT molecular complexity index is 689. The quantitative estimate of drug-likeness (QED) is 0.512. The summed E-state index contributed by atoms with van der Waals surface area (Å²) in [7, 11) is 1.46. The molecule has 2 unspecified atom stereocenters. The topological polar surface area (TPSA) is 88.1 Å². The molecular formula is C18H25F3N2O5. The molecule has 2 N–H and O–H groups in total. The highest BCUT2D eigenvalue weighted by atomic mass is 19.4. The number of ether oxygens (including phenoxy) is 1. The summed E-state index contributed by atoms with van der Waals surface area (Å²) in [5.74, 6) is -0.580. The smallest absolute Gasteiger partial charge is 0.391 e. The fourth-order valence-corrected chi connectivity index (χ4v) is 2.35. The predicted molar refractivity (Wildman–Crippen MR) is 95.6 cm³/mol. The molecule has 0 bridgehead atoms. The number of aliphatic hydroxyl groups is 1. The number of halogens is 3. The number of carbonyl (C=O) groups excluding carboxylic acids is 2. The molecule has 1 rings (SSSR count). The predicted octanol–water partition coefficient (Wildman–Crippen LogP) is 2.81. The highest BCUT2D eigenvalue weighted by Gasteiger charge is 2.42. The molecule has 1 aromatic carbocycles. The summed E-state index contributed by atoms with van der Waals surface area (Å²) in [4.78, 5) is 28.9. The molecule has 0 heterocycles. The van der Waals surface area contributed by atoms with Gasteiger partial charge in [-0.15, -0.1) is 0 Å². The van der Waals surface area contributed by atoms with Crippen LogP contribution in [0.4, 0.5) is 18.9 Å². The van der Waals surface area contributed by atoms with Crippen molar-refractivity contribution in [1.29, 1.82) is 0 Å². The van der Waals surface area contributed by atoms with Gasteiger partial charge >= 0.3 is 6.18 Å². The van der Waals surface area contributed by atoms with Gasteiger partial charge in [-0.25, -0.2) is 5.06 Å². The van der Waals surface area contributed by atoms with Crippen molar-refractivity contribution in [3.05, 3.63) is 23.8 Å². The number of hydroxylamine groups is 2. The molecule has 0 saturated carbocycles. The number of anilines is 1. The number of benzene rings is 1. The maximum atomic E-state index is 13.0. The number of rotatable bonds is 8. The van der Waals surface area contributed by atoms with Crippen molar-refractivity contribution in [2.45, 2.75) is 58.0 Å². The number of hydrogen-bond acceptors (Lipinski definition) is 5. The Hall–Kier alpha value is -2.33. The SMILES string of the molecule is COc1ccc(NC(=O)C(O)C(CC(F)(F)F)N(C=O)OC(C)(C)C)c(C)c1. The first-order chi connectivity index (χ1) is 12.8. The van der Waals surface area contributed by atoms with E-state index >= 15 is 0 Å². The molecule has 28 heavy (non-hydrogen) atoms. The molecule has 0 aliphatic rings. The average molecular weight is 406 g/mol. The van der Waals surface area contributed by atoms with Crippen LogP contribution in [0.25, 0.3) is 0 Å². The molecule has 2 amide bonds. The minimum absolute atomic E-state index is 0.0107. The summed E-state index contributed by atoms with van der Waals surface area (Å²) >= 11 is 0. The van der Waals surface area contributed by atoms with Gasteiger partial charge in [-0.05, 0) is 51.5 Å². The van der Waals surface area contributed by atoms with Gasteiger partial charge in [0.15, 0.2) is 6.10 Å². The van der Waals surface area contributed by atoms with Crippen LogP contribution in [-0.2, 0) is 14.4 Å². The van der Waals surface area contributed by atoms with Crippen LogP contribution in [0.5, 0.6) is 5.75 Å². The van der Waals surface area contributed by atoms with Crippen LogP contribution in [0.15, 0.2) is 18.2 Å².